The molecule has 3 heterocycles. The number of hydrogen-bond donors (Lipinski definition) is 4. The summed E-state index contributed by atoms with van der Waals surface area (Å²) < 4.78 is 34.7. The molecule has 1 saturated heterocycles. The Balaban J connectivity index is 1.40. The van der Waals surface area contributed by atoms with E-state index < -0.39 is 18.0 Å². The van der Waals surface area contributed by atoms with E-state index in [2.05, 4.69) is 25.7 Å². The Labute approximate surface area is 219 Å². The molecular formula is C27H31F2N7O2. The number of H-pyrrole nitrogens is 1. The van der Waals surface area contributed by atoms with Gasteiger partial charge in [-0.1, -0.05) is 24.3 Å². The number of likely N-dealkylation sites (tertiary alicyclic amines) is 1. The number of anilines is 1. The highest BCUT2D eigenvalue weighted by Gasteiger charge is 2.35. The molecule has 4 N–H and O–H groups in total. The van der Waals surface area contributed by atoms with Gasteiger partial charge in [0, 0.05) is 56.0 Å². The molecule has 2 aromatic carbocycles. The predicted molar refractivity (Wildman–Crippen MR) is 140 cm³/mol. The average Bonchev–Trinajstić information content (AvgIpc) is 3.65. The number of aromatic amines is 1. The van der Waals surface area contributed by atoms with Crippen LogP contribution in [-0.2, 0) is 4.74 Å². The van der Waals surface area contributed by atoms with Gasteiger partial charge in [-0.25, -0.2) is 13.5 Å². The molecule has 3 atom stereocenters. The highest BCUT2D eigenvalue weighted by Crippen LogP contribution is 2.32. The standard InChI is InChI=1S/C27H31F2N7O2/c1-17-25(19-13-30-31-14-19)34-36(20-6-4-3-5-7-20)26(17)33-27(37)32-24-16-35(10-11-38-2)15-21(24)18-8-9-22(28)23(29)12-18/h3-9,12-14,21,24,27,32-33,37H,10-11,15-16H2,1-2H3,(H,30,31)/t21-,24+,27?/m0/s1. The van der Waals surface area contributed by atoms with E-state index in [1.54, 1.807) is 30.3 Å². The molecule has 0 amide bonds. The van der Waals surface area contributed by atoms with Crippen molar-refractivity contribution in [3.05, 3.63) is 83.7 Å². The fourth-order valence-corrected chi connectivity index (χ4v) is 4.99. The van der Waals surface area contributed by atoms with E-state index in [9.17, 15) is 13.9 Å². The van der Waals surface area contributed by atoms with Gasteiger partial charge in [0.15, 0.2) is 18.0 Å². The number of methoxy groups -OCH3 is 1. The molecule has 0 aliphatic carbocycles. The van der Waals surface area contributed by atoms with Gasteiger partial charge < -0.3 is 15.2 Å². The third-order valence-corrected chi connectivity index (χ3v) is 6.92. The second-order valence-corrected chi connectivity index (χ2v) is 9.41. The SMILES string of the molecule is COCCN1C[C@@H](NC(O)Nc2c(C)c(-c3cn[nH]c3)nn2-c2ccccc2)[C@H](c2ccc(F)c(F)c2)C1. The lowest BCUT2D eigenvalue weighted by atomic mass is 9.94. The van der Waals surface area contributed by atoms with E-state index >= 15 is 0 Å². The number of rotatable bonds is 10. The van der Waals surface area contributed by atoms with Crippen LogP contribution in [0.3, 0.4) is 0 Å². The smallest absolute Gasteiger partial charge is 0.182 e. The molecule has 2 aromatic heterocycles. The lowest BCUT2D eigenvalue weighted by molar-refractivity contribution is 0.139. The first-order chi connectivity index (χ1) is 18.4. The van der Waals surface area contributed by atoms with Crippen molar-refractivity contribution in [2.75, 3.05) is 38.7 Å². The first kappa shape index (κ1) is 26.0. The van der Waals surface area contributed by atoms with Crippen LogP contribution in [0.4, 0.5) is 14.6 Å². The fraction of sp³-hybridized carbons (Fsp3) is 0.333. The van der Waals surface area contributed by atoms with Crippen LogP contribution >= 0.6 is 0 Å². The Bertz CT molecular complexity index is 1350. The number of nitrogens with zero attached hydrogens (tertiary/aromatic N) is 4. The summed E-state index contributed by atoms with van der Waals surface area (Å²) in [7, 11) is 1.64. The summed E-state index contributed by atoms with van der Waals surface area (Å²) in [5.74, 6) is -1.32. The number of nitrogens with one attached hydrogen (secondary N) is 3. The summed E-state index contributed by atoms with van der Waals surface area (Å²) in [6, 6.07) is 13.4. The molecule has 0 spiro atoms. The first-order valence-corrected chi connectivity index (χ1v) is 12.5. The Kier molecular flexibility index (Phi) is 7.79. The summed E-state index contributed by atoms with van der Waals surface area (Å²) in [4.78, 5) is 2.18. The maximum atomic E-state index is 14.1. The zero-order valence-corrected chi connectivity index (χ0v) is 21.2. The maximum absolute atomic E-state index is 14.1. The van der Waals surface area contributed by atoms with Gasteiger partial charge >= 0.3 is 0 Å². The molecule has 0 saturated carbocycles. The molecule has 5 rings (SSSR count). The van der Waals surface area contributed by atoms with Crippen molar-refractivity contribution in [1.82, 2.24) is 30.2 Å². The minimum atomic E-state index is -1.15. The third kappa shape index (κ3) is 5.46. The molecule has 9 nitrogen and oxygen atoms in total. The molecule has 11 heteroatoms. The predicted octanol–water partition coefficient (Wildman–Crippen LogP) is 3.24. The van der Waals surface area contributed by atoms with E-state index in [1.165, 1.54) is 6.07 Å². The Morgan fingerprint density at radius 3 is 2.68 bits per heavy atom. The number of aliphatic hydroxyl groups is 1. The van der Waals surface area contributed by atoms with Gasteiger partial charge in [-0.05, 0) is 36.8 Å². The lowest BCUT2D eigenvalue weighted by Gasteiger charge is -2.25. The number of para-hydroxylation sites is 1. The van der Waals surface area contributed by atoms with Crippen molar-refractivity contribution in [3.8, 4) is 16.9 Å². The Hall–Kier alpha value is -3.64. The largest absolute Gasteiger partial charge is 0.383 e. The van der Waals surface area contributed by atoms with Crippen molar-refractivity contribution in [2.24, 2.45) is 0 Å². The summed E-state index contributed by atoms with van der Waals surface area (Å²) >= 11 is 0. The highest BCUT2D eigenvalue weighted by atomic mass is 19.2. The molecule has 1 fully saturated rings. The number of hydrogen-bond acceptors (Lipinski definition) is 7. The Morgan fingerprint density at radius 1 is 1.16 bits per heavy atom. The summed E-state index contributed by atoms with van der Waals surface area (Å²) in [6.07, 6.45) is 2.32. The molecule has 4 aromatic rings. The van der Waals surface area contributed by atoms with Gasteiger partial charge in [0.25, 0.3) is 0 Å². The van der Waals surface area contributed by atoms with Crippen molar-refractivity contribution in [3.63, 3.8) is 0 Å². The lowest BCUT2D eigenvalue weighted by Crippen LogP contribution is -2.46. The van der Waals surface area contributed by atoms with Gasteiger partial charge in [-0.15, -0.1) is 0 Å². The number of benzene rings is 2. The first-order valence-electron chi connectivity index (χ1n) is 12.5. The van der Waals surface area contributed by atoms with Gasteiger partial charge in [-0.3, -0.25) is 15.3 Å². The van der Waals surface area contributed by atoms with E-state index in [0.717, 1.165) is 28.6 Å². The normalized spacial score (nSPS) is 18.7. The molecule has 0 radical (unpaired) electrons. The van der Waals surface area contributed by atoms with E-state index in [0.29, 0.717) is 37.6 Å². The maximum Gasteiger partial charge on any atom is 0.182 e. The van der Waals surface area contributed by atoms with E-state index in [4.69, 9.17) is 9.84 Å². The second-order valence-electron chi connectivity index (χ2n) is 9.41. The number of aromatic nitrogens is 4. The minimum absolute atomic E-state index is 0.167. The van der Waals surface area contributed by atoms with Crippen LogP contribution in [0.5, 0.6) is 0 Å². The quantitative estimate of drug-likeness (QED) is 0.237. The third-order valence-electron chi connectivity index (χ3n) is 6.92. The topological polar surface area (TPSA) is 103 Å². The molecule has 1 aliphatic rings. The summed E-state index contributed by atoms with van der Waals surface area (Å²) in [5, 5.41) is 29.2. The zero-order chi connectivity index (χ0) is 26.6. The second kappa shape index (κ2) is 11.4. The monoisotopic (exact) mass is 523 g/mol. The zero-order valence-electron chi connectivity index (χ0n) is 21.2. The number of halogens is 2. The van der Waals surface area contributed by atoms with Gasteiger partial charge in [0.05, 0.1) is 18.5 Å². The fourth-order valence-electron chi connectivity index (χ4n) is 4.99. The summed E-state index contributed by atoms with van der Waals surface area (Å²) in [6.45, 7) is 4.37. The van der Waals surface area contributed by atoms with E-state index in [-0.39, 0.29) is 12.0 Å². The molecule has 0 bridgehead atoms. The summed E-state index contributed by atoms with van der Waals surface area (Å²) in [5.41, 5.74) is 3.88. The van der Waals surface area contributed by atoms with E-state index in [1.807, 2.05) is 37.3 Å². The van der Waals surface area contributed by atoms with Crippen LogP contribution in [0.1, 0.15) is 17.0 Å². The van der Waals surface area contributed by atoms with Crippen molar-refractivity contribution in [1.29, 1.82) is 0 Å². The van der Waals surface area contributed by atoms with Crippen LogP contribution in [0.2, 0.25) is 0 Å². The molecule has 38 heavy (non-hydrogen) atoms. The van der Waals surface area contributed by atoms with Crippen LogP contribution in [0.15, 0.2) is 60.9 Å². The molecule has 1 unspecified atom stereocenters. The molecule has 200 valence electrons. The molecular weight excluding hydrogens is 492 g/mol. The van der Waals surface area contributed by atoms with Gasteiger partial charge in [0.1, 0.15) is 11.5 Å². The van der Waals surface area contributed by atoms with Gasteiger partial charge in [-0.2, -0.15) is 10.2 Å². The number of ether oxygens (including phenoxy) is 1. The van der Waals surface area contributed by atoms with Crippen molar-refractivity contribution in [2.45, 2.75) is 25.2 Å². The number of aliphatic hydroxyl groups excluding tert-OH is 1. The van der Waals surface area contributed by atoms with Gasteiger partial charge in [0.2, 0.25) is 0 Å². The minimum Gasteiger partial charge on any atom is -0.383 e. The van der Waals surface area contributed by atoms with Crippen molar-refractivity contribution < 1.29 is 18.6 Å². The average molecular weight is 524 g/mol. The highest BCUT2D eigenvalue weighted by molar-refractivity contribution is 5.69. The van der Waals surface area contributed by atoms with Crippen LogP contribution < -0.4 is 10.6 Å². The Morgan fingerprint density at radius 2 is 1.97 bits per heavy atom. The van der Waals surface area contributed by atoms with Crippen LogP contribution in [0, 0.1) is 18.6 Å². The van der Waals surface area contributed by atoms with Crippen LogP contribution in [-0.4, -0.2) is 75.7 Å². The molecule has 1 aliphatic heterocycles. The van der Waals surface area contributed by atoms with Crippen molar-refractivity contribution >= 4 is 5.82 Å². The van der Waals surface area contributed by atoms with Crippen LogP contribution in [0.25, 0.3) is 16.9 Å².